The highest BCUT2D eigenvalue weighted by Gasteiger charge is 2.44. The van der Waals surface area contributed by atoms with Crippen molar-refractivity contribution in [2.75, 3.05) is 38.9 Å². The van der Waals surface area contributed by atoms with E-state index in [0.717, 1.165) is 37.5 Å². The second kappa shape index (κ2) is 8.02. The van der Waals surface area contributed by atoms with E-state index in [2.05, 4.69) is 12.2 Å². The summed E-state index contributed by atoms with van der Waals surface area (Å²) in [4.78, 5) is 11.3. The summed E-state index contributed by atoms with van der Waals surface area (Å²) in [6.45, 7) is 3.81. The van der Waals surface area contributed by atoms with Crippen LogP contribution in [0.2, 0.25) is 0 Å². The van der Waals surface area contributed by atoms with Gasteiger partial charge < -0.3 is 14.8 Å². The molecular weight excluding hydrogens is 250 g/mol. The molecule has 0 radical (unpaired) electrons. The van der Waals surface area contributed by atoms with Crippen LogP contribution in [0, 0.1) is 5.41 Å². The second-order valence-electron chi connectivity index (χ2n) is 4.98. The molecule has 0 heterocycles. The van der Waals surface area contributed by atoms with E-state index in [-0.39, 0.29) is 11.4 Å². The van der Waals surface area contributed by atoms with Crippen LogP contribution >= 0.6 is 11.8 Å². The molecule has 1 unspecified atom stereocenters. The minimum absolute atomic E-state index is 0.0757. The molecular formula is C13H25NO3S. The van der Waals surface area contributed by atoms with Gasteiger partial charge in [0.2, 0.25) is 0 Å². The Labute approximate surface area is 114 Å². The average molecular weight is 275 g/mol. The molecule has 1 N–H and O–H groups in total. The SMILES string of the molecule is CCNC(COC)CSCC1(CC(=O)OC)CC1. The van der Waals surface area contributed by atoms with Gasteiger partial charge in [-0.15, -0.1) is 0 Å². The Hall–Kier alpha value is -0.260. The lowest BCUT2D eigenvalue weighted by atomic mass is 10.1. The predicted octanol–water partition coefficient (Wildman–Crippen LogP) is 1.69. The van der Waals surface area contributed by atoms with E-state index in [1.165, 1.54) is 7.11 Å². The third-order valence-electron chi connectivity index (χ3n) is 3.29. The molecule has 0 saturated heterocycles. The van der Waals surface area contributed by atoms with Gasteiger partial charge in [0.15, 0.2) is 0 Å². The summed E-state index contributed by atoms with van der Waals surface area (Å²) < 4.78 is 9.94. The number of ether oxygens (including phenoxy) is 2. The number of hydrogen-bond donors (Lipinski definition) is 1. The minimum Gasteiger partial charge on any atom is -0.469 e. The maximum Gasteiger partial charge on any atom is 0.306 e. The summed E-state index contributed by atoms with van der Waals surface area (Å²) in [7, 11) is 3.19. The van der Waals surface area contributed by atoms with Crippen LogP contribution in [-0.4, -0.2) is 50.9 Å². The number of hydrogen-bond acceptors (Lipinski definition) is 5. The van der Waals surface area contributed by atoms with Crippen LogP contribution in [-0.2, 0) is 14.3 Å². The fraction of sp³-hybridized carbons (Fsp3) is 0.923. The van der Waals surface area contributed by atoms with E-state index in [1.54, 1.807) is 7.11 Å². The van der Waals surface area contributed by atoms with Crippen LogP contribution in [0.15, 0.2) is 0 Å². The third-order valence-corrected chi connectivity index (χ3v) is 4.75. The largest absolute Gasteiger partial charge is 0.469 e. The fourth-order valence-electron chi connectivity index (χ4n) is 2.00. The van der Waals surface area contributed by atoms with E-state index in [1.807, 2.05) is 11.8 Å². The van der Waals surface area contributed by atoms with Crippen LogP contribution in [0.1, 0.15) is 26.2 Å². The molecule has 1 atom stereocenters. The Kier molecular flexibility index (Phi) is 7.04. The van der Waals surface area contributed by atoms with Crippen LogP contribution in [0.5, 0.6) is 0 Å². The van der Waals surface area contributed by atoms with Gasteiger partial charge in [-0.25, -0.2) is 0 Å². The molecule has 0 aromatic carbocycles. The van der Waals surface area contributed by atoms with Crippen molar-refractivity contribution in [1.82, 2.24) is 5.32 Å². The van der Waals surface area contributed by atoms with Crippen molar-refractivity contribution in [3.8, 4) is 0 Å². The maximum absolute atomic E-state index is 11.3. The number of carbonyl (C=O) groups is 1. The topological polar surface area (TPSA) is 47.6 Å². The van der Waals surface area contributed by atoms with Crippen LogP contribution < -0.4 is 5.32 Å². The predicted molar refractivity (Wildman–Crippen MR) is 75.0 cm³/mol. The van der Waals surface area contributed by atoms with Gasteiger partial charge in [0.05, 0.1) is 20.1 Å². The van der Waals surface area contributed by atoms with Crippen molar-refractivity contribution in [1.29, 1.82) is 0 Å². The lowest BCUT2D eigenvalue weighted by Crippen LogP contribution is -2.35. The summed E-state index contributed by atoms with van der Waals surface area (Å²) in [6.07, 6.45) is 2.89. The number of methoxy groups -OCH3 is 2. The van der Waals surface area contributed by atoms with Gasteiger partial charge in [-0.1, -0.05) is 6.92 Å². The monoisotopic (exact) mass is 275 g/mol. The Morgan fingerprint density at radius 1 is 1.44 bits per heavy atom. The van der Waals surface area contributed by atoms with Gasteiger partial charge in [0.25, 0.3) is 0 Å². The molecule has 1 saturated carbocycles. The van der Waals surface area contributed by atoms with Gasteiger partial charge in [-0.3, -0.25) is 4.79 Å². The standard InChI is InChI=1S/C13H25NO3S/c1-4-14-11(8-16-2)9-18-10-13(5-6-13)7-12(15)17-3/h11,14H,4-10H2,1-3H3. The quantitative estimate of drug-likeness (QED) is 0.615. The zero-order valence-electron chi connectivity index (χ0n) is 11.7. The highest BCUT2D eigenvalue weighted by atomic mass is 32.2. The van der Waals surface area contributed by atoms with Crippen molar-refractivity contribution in [2.45, 2.75) is 32.2 Å². The van der Waals surface area contributed by atoms with Crippen molar-refractivity contribution in [3.05, 3.63) is 0 Å². The van der Waals surface area contributed by atoms with E-state index in [0.29, 0.717) is 12.5 Å². The molecule has 1 aliphatic carbocycles. The lowest BCUT2D eigenvalue weighted by molar-refractivity contribution is -0.141. The lowest BCUT2D eigenvalue weighted by Gasteiger charge is -2.18. The zero-order valence-corrected chi connectivity index (χ0v) is 12.5. The zero-order chi connectivity index (χ0) is 13.4. The molecule has 1 fully saturated rings. The second-order valence-corrected chi connectivity index (χ2v) is 6.01. The number of likely N-dealkylation sites (N-methyl/N-ethyl adjacent to an activating group) is 1. The molecule has 0 spiro atoms. The first kappa shape index (κ1) is 15.8. The number of rotatable bonds is 10. The summed E-state index contributed by atoms with van der Waals surface area (Å²) in [6, 6.07) is 0.402. The highest BCUT2D eigenvalue weighted by Crippen LogP contribution is 2.51. The van der Waals surface area contributed by atoms with E-state index < -0.39 is 0 Å². The van der Waals surface area contributed by atoms with E-state index in [9.17, 15) is 4.79 Å². The summed E-state index contributed by atoms with van der Waals surface area (Å²) >= 11 is 1.91. The molecule has 106 valence electrons. The summed E-state index contributed by atoms with van der Waals surface area (Å²) in [5.41, 5.74) is 0.224. The van der Waals surface area contributed by atoms with Gasteiger partial charge in [-0.2, -0.15) is 11.8 Å². The van der Waals surface area contributed by atoms with Crippen LogP contribution in [0.25, 0.3) is 0 Å². The highest BCUT2D eigenvalue weighted by molar-refractivity contribution is 7.99. The maximum atomic E-state index is 11.3. The summed E-state index contributed by atoms with van der Waals surface area (Å²) in [5.74, 6) is 2.01. The first-order valence-electron chi connectivity index (χ1n) is 6.52. The Balaban J connectivity index is 2.21. The molecule has 0 bridgehead atoms. The van der Waals surface area contributed by atoms with Gasteiger partial charge in [-0.05, 0) is 30.6 Å². The van der Waals surface area contributed by atoms with E-state index in [4.69, 9.17) is 9.47 Å². The third kappa shape index (κ3) is 5.59. The van der Waals surface area contributed by atoms with Crippen molar-refractivity contribution < 1.29 is 14.3 Å². The minimum atomic E-state index is -0.0757. The number of carbonyl (C=O) groups excluding carboxylic acids is 1. The molecule has 0 amide bonds. The molecule has 5 heteroatoms. The van der Waals surface area contributed by atoms with Crippen LogP contribution in [0.4, 0.5) is 0 Å². The first-order valence-corrected chi connectivity index (χ1v) is 7.68. The van der Waals surface area contributed by atoms with Crippen molar-refractivity contribution >= 4 is 17.7 Å². The van der Waals surface area contributed by atoms with Crippen molar-refractivity contribution in [3.63, 3.8) is 0 Å². The molecule has 18 heavy (non-hydrogen) atoms. The number of esters is 1. The van der Waals surface area contributed by atoms with Crippen LogP contribution in [0.3, 0.4) is 0 Å². The Bertz CT molecular complexity index is 251. The fourth-order valence-corrected chi connectivity index (χ4v) is 3.44. The first-order chi connectivity index (χ1) is 8.65. The summed E-state index contributed by atoms with van der Waals surface area (Å²) in [5, 5.41) is 3.40. The smallest absolute Gasteiger partial charge is 0.306 e. The molecule has 1 rings (SSSR count). The van der Waals surface area contributed by atoms with Crippen molar-refractivity contribution in [2.24, 2.45) is 5.41 Å². The molecule has 0 aromatic heterocycles. The average Bonchev–Trinajstić information content (AvgIpc) is 3.09. The molecule has 0 aromatic rings. The van der Waals surface area contributed by atoms with E-state index >= 15 is 0 Å². The molecule has 1 aliphatic rings. The van der Waals surface area contributed by atoms with Gasteiger partial charge in [0, 0.05) is 18.9 Å². The Morgan fingerprint density at radius 3 is 2.67 bits per heavy atom. The number of nitrogens with one attached hydrogen (secondary N) is 1. The molecule has 4 nitrogen and oxygen atoms in total. The van der Waals surface area contributed by atoms with Gasteiger partial charge >= 0.3 is 5.97 Å². The molecule has 0 aliphatic heterocycles. The van der Waals surface area contributed by atoms with Gasteiger partial charge in [0.1, 0.15) is 0 Å². The number of thioether (sulfide) groups is 1. The normalized spacial score (nSPS) is 18.4. The Morgan fingerprint density at radius 2 is 2.17 bits per heavy atom.